The molecule has 0 radical (unpaired) electrons. The highest BCUT2D eigenvalue weighted by Gasteiger charge is 2.25. The largest absolute Gasteiger partial charge is 0.493 e. The molecule has 1 aliphatic rings. The van der Waals surface area contributed by atoms with Crippen LogP contribution in [0.25, 0.3) is 0 Å². The summed E-state index contributed by atoms with van der Waals surface area (Å²) in [5.41, 5.74) is -0.480. The summed E-state index contributed by atoms with van der Waals surface area (Å²) in [5, 5.41) is 9.82. The van der Waals surface area contributed by atoms with E-state index in [0.717, 1.165) is 38.2 Å². The van der Waals surface area contributed by atoms with Crippen molar-refractivity contribution in [2.75, 3.05) is 20.2 Å². The Kier molecular flexibility index (Phi) is 9.94. The molecule has 1 aromatic rings. The van der Waals surface area contributed by atoms with Gasteiger partial charge < -0.3 is 30.2 Å². The maximum Gasteiger partial charge on any atom is 0.407 e. The van der Waals surface area contributed by atoms with Crippen molar-refractivity contribution in [2.24, 2.45) is 4.99 Å². The van der Waals surface area contributed by atoms with Gasteiger partial charge in [0.05, 0.1) is 13.7 Å². The second-order valence-corrected chi connectivity index (χ2v) is 9.14. The first-order chi connectivity index (χ1) is 15.2. The number of nitrogens with zero attached hydrogens (tertiary/aromatic N) is 1. The van der Waals surface area contributed by atoms with Gasteiger partial charge in [-0.15, -0.1) is 0 Å². The normalized spacial score (nSPS) is 20.1. The third-order valence-corrected chi connectivity index (χ3v) is 5.04. The Bertz CT molecular complexity index is 740. The van der Waals surface area contributed by atoms with E-state index in [1.54, 1.807) is 7.11 Å². The summed E-state index contributed by atoms with van der Waals surface area (Å²) in [7, 11) is 1.63. The lowest BCUT2D eigenvalue weighted by molar-refractivity contribution is 0.0490. The quantitative estimate of drug-likeness (QED) is 0.413. The molecule has 0 bridgehead atoms. The summed E-state index contributed by atoms with van der Waals surface area (Å²) >= 11 is 0. The molecule has 0 heterocycles. The van der Waals surface area contributed by atoms with E-state index in [0.29, 0.717) is 24.1 Å². The Morgan fingerprint density at radius 3 is 2.25 bits per heavy atom. The lowest BCUT2D eigenvalue weighted by atomic mass is 9.91. The van der Waals surface area contributed by atoms with Crippen molar-refractivity contribution in [1.82, 2.24) is 16.0 Å². The number of benzene rings is 1. The Hall–Kier alpha value is -2.64. The molecule has 180 valence electrons. The van der Waals surface area contributed by atoms with E-state index in [-0.39, 0.29) is 18.2 Å². The first-order valence-electron chi connectivity index (χ1n) is 11.5. The van der Waals surface area contributed by atoms with E-state index in [2.05, 4.69) is 16.0 Å². The number of carbonyl (C=O) groups is 1. The van der Waals surface area contributed by atoms with Crippen LogP contribution in [0.5, 0.6) is 11.5 Å². The van der Waals surface area contributed by atoms with Gasteiger partial charge in [0.2, 0.25) is 0 Å². The molecule has 1 amide bonds. The molecule has 0 aliphatic heterocycles. The standard InChI is InChI=1S/C24H40N4O4/c1-7-25-22(26-16-17(2)31-21-11-9-8-10-20(21)30-6)27-18-12-14-19(15-13-18)28-23(29)32-24(3,4)5/h8-11,17-19H,7,12-16H2,1-6H3,(H,28,29)(H2,25,26,27). The highest BCUT2D eigenvalue weighted by molar-refractivity contribution is 5.80. The first-order valence-corrected chi connectivity index (χ1v) is 11.5. The third kappa shape index (κ3) is 9.24. The molecule has 1 unspecified atom stereocenters. The molecule has 3 N–H and O–H groups in total. The number of carbonyl (C=O) groups excluding carboxylic acids is 1. The van der Waals surface area contributed by atoms with Crippen LogP contribution in [0.2, 0.25) is 0 Å². The minimum absolute atomic E-state index is 0.101. The number of nitrogens with one attached hydrogen (secondary N) is 3. The van der Waals surface area contributed by atoms with Gasteiger partial charge >= 0.3 is 6.09 Å². The highest BCUT2D eigenvalue weighted by atomic mass is 16.6. The van der Waals surface area contributed by atoms with Crippen molar-refractivity contribution in [3.05, 3.63) is 24.3 Å². The number of hydrogen-bond acceptors (Lipinski definition) is 5. The molecular weight excluding hydrogens is 408 g/mol. The summed E-state index contributed by atoms with van der Waals surface area (Å²) < 4.78 is 16.7. The zero-order chi connectivity index (χ0) is 23.6. The maximum absolute atomic E-state index is 12.0. The van der Waals surface area contributed by atoms with Crippen molar-refractivity contribution >= 4 is 12.1 Å². The van der Waals surface area contributed by atoms with Crippen LogP contribution in [-0.4, -0.2) is 56.0 Å². The molecule has 1 saturated carbocycles. The minimum Gasteiger partial charge on any atom is -0.493 e. The number of amides is 1. The second kappa shape index (κ2) is 12.4. The molecule has 1 atom stereocenters. The molecule has 32 heavy (non-hydrogen) atoms. The van der Waals surface area contributed by atoms with Gasteiger partial charge in [-0.2, -0.15) is 0 Å². The second-order valence-electron chi connectivity index (χ2n) is 9.14. The lowest BCUT2D eigenvalue weighted by Gasteiger charge is -2.31. The molecule has 2 rings (SSSR count). The monoisotopic (exact) mass is 448 g/mol. The first kappa shape index (κ1) is 25.6. The van der Waals surface area contributed by atoms with Crippen molar-refractivity contribution in [3.8, 4) is 11.5 Å². The van der Waals surface area contributed by atoms with Crippen LogP contribution in [0.4, 0.5) is 4.79 Å². The van der Waals surface area contributed by atoms with E-state index >= 15 is 0 Å². The smallest absolute Gasteiger partial charge is 0.407 e. The van der Waals surface area contributed by atoms with E-state index < -0.39 is 5.60 Å². The van der Waals surface area contributed by atoms with Crippen LogP contribution in [0.1, 0.15) is 60.3 Å². The molecule has 1 fully saturated rings. The van der Waals surface area contributed by atoms with Crippen LogP contribution in [0.3, 0.4) is 0 Å². The average Bonchev–Trinajstić information content (AvgIpc) is 2.72. The van der Waals surface area contributed by atoms with Crippen LogP contribution in [-0.2, 0) is 4.74 Å². The molecule has 1 aromatic carbocycles. The number of para-hydroxylation sites is 2. The van der Waals surface area contributed by atoms with E-state index in [4.69, 9.17) is 19.2 Å². The predicted octanol–water partition coefficient (Wildman–Crippen LogP) is 3.85. The van der Waals surface area contributed by atoms with Crippen molar-refractivity contribution in [3.63, 3.8) is 0 Å². The number of guanidine groups is 1. The topological polar surface area (TPSA) is 93.2 Å². The van der Waals surface area contributed by atoms with Crippen LogP contribution in [0.15, 0.2) is 29.3 Å². The summed E-state index contributed by atoms with van der Waals surface area (Å²) in [6.45, 7) is 11.0. The Balaban J connectivity index is 1.81. The van der Waals surface area contributed by atoms with Gasteiger partial charge in [-0.05, 0) is 72.4 Å². The molecule has 1 aliphatic carbocycles. The van der Waals surface area contributed by atoms with Gasteiger partial charge in [-0.25, -0.2) is 9.79 Å². The predicted molar refractivity (Wildman–Crippen MR) is 128 cm³/mol. The number of methoxy groups -OCH3 is 1. The van der Waals surface area contributed by atoms with Crippen LogP contribution in [0, 0.1) is 0 Å². The summed E-state index contributed by atoms with van der Waals surface area (Å²) in [5.74, 6) is 2.21. The molecule has 0 spiro atoms. The Morgan fingerprint density at radius 1 is 1.09 bits per heavy atom. The number of aliphatic imine (C=N–C) groups is 1. The maximum atomic E-state index is 12.0. The number of hydrogen-bond donors (Lipinski definition) is 3. The zero-order valence-corrected chi connectivity index (χ0v) is 20.4. The Morgan fingerprint density at radius 2 is 1.69 bits per heavy atom. The van der Waals surface area contributed by atoms with E-state index in [9.17, 15) is 4.79 Å². The average molecular weight is 449 g/mol. The summed E-state index contributed by atoms with van der Waals surface area (Å²) in [6.07, 6.45) is 3.28. The summed E-state index contributed by atoms with van der Waals surface area (Å²) in [6, 6.07) is 8.08. The minimum atomic E-state index is -0.480. The van der Waals surface area contributed by atoms with Crippen molar-refractivity contribution < 1.29 is 19.0 Å². The van der Waals surface area contributed by atoms with Gasteiger partial charge in [0, 0.05) is 18.6 Å². The highest BCUT2D eigenvalue weighted by Crippen LogP contribution is 2.26. The zero-order valence-electron chi connectivity index (χ0n) is 20.4. The van der Waals surface area contributed by atoms with Gasteiger partial charge in [0.1, 0.15) is 11.7 Å². The fraction of sp³-hybridized carbons (Fsp3) is 0.667. The van der Waals surface area contributed by atoms with Gasteiger partial charge in [-0.1, -0.05) is 12.1 Å². The van der Waals surface area contributed by atoms with Gasteiger partial charge in [0.25, 0.3) is 0 Å². The molecule has 0 aromatic heterocycles. The Labute approximate surface area is 192 Å². The molecule has 8 nitrogen and oxygen atoms in total. The number of rotatable bonds is 8. The molecular formula is C24H40N4O4. The molecule has 0 saturated heterocycles. The SMILES string of the molecule is CCNC(=NCC(C)Oc1ccccc1OC)NC1CCC(NC(=O)OC(C)(C)C)CC1. The lowest BCUT2D eigenvalue weighted by Crippen LogP contribution is -2.48. The van der Waals surface area contributed by atoms with Crippen LogP contribution >= 0.6 is 0 Å². The van der Waals surface area contributed by atoms with Crippen molar-refractivity contribution in [1.29, 1.82) is 0 Å². The van der Waals surface area contributed by atoms with Crippen molar-refractivity contribution in [2.45, 2.75) is 84.1 Å². The molecule has 8 heteroatoms. The number of ether oxygens (including phenoxy) is 3. The van der Waals surface area contributed by atoms with E-state index in [1.165, 1.54) is 0 Å². The number of alkyl carbamates (subject to hydrolysis) is 1. The fourth-order valence-electron chi connectivity index (χ4n) is 3.56. The van der Waals surface area contributed by atoms with Crippen LogP contribution < -0.4 is 25.4 Å². The summed E-state index contributed by atoms with van der Waals surface area (Å²) in [4.78, 5) is 16.7. The van der Waals surface area contributed by atoms with Gasteiger partial charge in [0.15, 0.2) is 17.5 Å². The fourth-order valence-corrected chi connectivity index (χ4v) is 3.56. The third-order valence-electron chi connectivity index (χ3n) is 5.04. The van der Waals surface area contributed by atoms with E-state index in [1.807, 2.05) is 58.9 Å². The van der Waals surface area contributed by atoms with Gasteiger partial charge in [-0.3, -0.25) is 0 Å².